The summed E-state index contributed by atoms with van der Waals surface area (Å²) in [4.78, 5) is 17.5. The molecule has 80 heavy (non-hydrogen) atoms. The maximum Gasteiger partial charge on any atom is 0.485 e. The summed E-state index contributed by atoms with van der Waals surface area (Å²) in [5.41, 5.74) is 11.8. The fourth-order valence-corrected chi connectivity index (χ4v) is 6.66. The van der Waals surface area contributed by atoms with E-state index >= 15 is 0 Å². The molecular weight excluding hydrogens is 1390 g/mol. The number of benzene rings is 6. The zero-order chi connectivity index (χ0) is 62.1. The van der Waals surface area contributed by atoms with E-state index in [9.17, 15) is 13.2 Å². The Hall–Kier alpha value is -7.16. The van der Waals surface area contributed by atoms with E-state index in [1.54, 1.807) is 36.7 Å². The Morgan fingerprint density at radius 3 is 1.10 bits per heavy atom. The van der Waals surface area contributed by atoms with Crippen molar-refractivity contribution in [3.8, 4) is 67.3 Å². The number of hydrogen-bond acceptors (Lipinski definition) is 9. The Morgan fingerprint density at radius 2 is 0.775 bits per heavy atom. The van der Waals surface area contributed by atoms with Gasteiger partial charge in [0.05, 0.1) is 5.69 Å². The normalized spacial score (nSPS) is 11.4. The van der Waals surface area contributed by atoms with Gasteiger partial charge in [-0.3, -0.25) is 4.98 Å². The Balaban J connectivity index is 0.000000371. The van der Waals surface area contributed by atoms with Gasteiger partial charge in [0.1, 0.15) is 0 Å². The molecule has 0 spiro atoms. The van der Waals surface area contributed by atoms with Gasteiger partial charge in [-0.1, -0.05) is 119 Å². The van der Waals surface area contributed by atoms with Gasteiger partial charge in [-0.25, -0.2) is 8.42 Å². The largest absolute Gasteiger partial charge is 0.741 e. The summed E-state index contributed by atoms with van der Waals surface area (Å²) in [6.45, 7) is 4.21. The molecule has 0 bridgehead atoms. The van der Waals surface area contributed by atoms with Crippen LogP contribution in [0, 0.1) is 59.6 Å². The molecule has 2 radical (unpaired) electrons. The number of aliphatic hydroxyl groups is 2. The SMILES string of the molecule is CO.CO.Cc1cnc(-c2[c-]cccc2)cc1C.Cc1cnc(-c2[c-]cccc2)cc1C.O=S(=O)([O-])C(F)(F)F.[2H]C([2H])([2H])c1ccc(-c2ccnc(-c3[c-]cccc3)c2)cc1.[2H]C([2H])([2H])c1ccc(-c2ccnc(-c3ccccc3)c2)cc1.[Ir].[Ir]. The molecule has 420 valence electrons. The van der Waals surface area contributed by atoms with Crippen molar-refractivity contribution in [1.29, 1.82) is 0 Å². The van der Waals surface area contributed by atoms with Crippen LogP contribution in [0.5, 0.6) is 0 Å². The molecule has 6 aromatic carbocycles. The number of aliphatic hydroxyl groups excluding tert-OH is 2. The number of aryl methyl sites for hydroxylation is 6. The molecule has 0 aliphatic carbocycles. The minimum atomic E-state index is -6.09. The van der Waals surface area contributed by atoms with Gasteiger partial charge in [0.25, 0.3) is 0 Å². The fourth-order valence-electron chi connectivity index (χ4n) is 6.66. The van der Waals surface area contributed by atoms with Crippen LogP contribution < -0.4 is 0 Å². The predicted molar refractivity (Wildman–Crippen MR) is 307 cm³/mol. The van der Waals surface area contributed by atoms with Crippen LogP contribution >= 0.6 is 0 Å². The molecule has 10 aromatic rings. The smallest absolute Gasteiger partial charge is 0.485 e. The van der Waals surface area contributed by atoms with Crippen molar-refractivity contribution >= 4 is 10.1 Å². The average Bonchev–Trinajstić information content (AvgIpc) is 3.15. The number of pyridine rings is 4. The summed E-state index contributed by atoms with van der Waals surface area (Å²) in [6.07, 6.45) is 7.34. The first-order valence-corrected chi connectivity index (χ1v) is 25.2. The van der Waals surface area contributed by atoms with Gasteiger partial charge in [0, 0.05) is 93.0 Å². The van der Waals surface area contributed by atoms with E-state index in [-0.39, 0.29) is 40.2 Å². The molecule has 0 amide bonds. The van der Waals surface area contributed by atoms with Gasteiger partial charge in [-0.15, -0.1) is 108 Å². The first kappa shape index (κ1) is 59.0. The molecule has 15 heteroatoms. The van der Waals surface area contributed by atoms with E-state index < -0.39 is 29.3 Å². The Bertz CT molecular complexity index is 3470. The van der Waals surface area contributed by atoms with Crippen molar-refractivity contribution < 1.29 is 84.8 Å². The van der Waals surface area contributed by atoms with Gasteiger partial charge >= 0.3 is 5.51 Å². The summed E-state index contributed by atoms with van der Waals surface area (Å²) in [7, 11) is -4.09. The van der Waals surface area contributed by atoms with E-state index in [4.69, 9.17) is 31.4 Å². The van der Waals surface area contributed by atoms with Crippen LogP contribution in [0.15, 0.2) is 213 Å². The van der Waals surface area contributed by atoms with Crippen molar-refractivity contribution in [3.63, 3.8) is 0 Å². The van der Waals surface area contributed by atoms with Crippen LogP contribution in [-0.4, -0.2) is 62.8 Å². The Morgan fingerprint density at radius 1 is 0.438 bits per heavy atom. The molecule has 0 saturated carbocycles. The van der Waals surface area contributed by atoms with Crippen LogP contribution in [0.25, 0.3) is 67.3 Å². The van der Waals surface area contributed by atoms with Crippen LogP contribution in [0.1, 0.15) is 41.6 Å². The summed E-state index contributed by atoms with van der Waals surface area (Å²) >= 11 is 0. The van der Waals surface area contributed by atoms with Crippen LogP contribution in [0.4, 0.5) is 13.2 Å². The third-order valence-electron chi connectivity index (χ3n) is 11.0. The van der Waals surface area contributed by atoms with E-state index in [0.29, 0.717) is 11.1 Å². The molecule has 4 aromatic heterocycles. The molecule has 4 heterocycles. The zero-order valence-electron chi connectivity index (χ0n) is 50.3. The molecule has 0 aliphatic rings. The first-order chi connectivity index (χ1) is 39.9. The van der Waals surface area contributed by atoms with Crippen LogP contribution in [-0.2, 0) is 50.3 Å². The summed E-state index contributed by atoms with van der Waals surface area (Å²) < 4.78 is 103. The second-order valence-corrected chi connectivity index (χ2v) is 17.8. The monoisotopic (exact) mass is 1460 g/mol. The number of nitrogens with zero attached hydrogens (tertiary/aromatic N) is 4. The number of hydrogen-bond donors (Lipinski definition) is 2. The average molecular weight is 1460 g/mol. The van der Waals surface area contributed by atoms with E-state index in [0.717, 1.165) is 81.5 Å². The van der Waals surface area contributed by atoms with Crippen molar-refractivity contribution in [3.05, 3.63) is 264 Å². The quantitative estimate of drug-likeness (QED) is 0.0942. The third-order valence-corrected chi connectivity index (χ3v) is 11.6. The van der Waals surface area contributed by atoms with E-state index in [1.807, 2.05) is 164 Å². The van der Waals surface area contributed by atoms with Gasteiger partial charge in [-0.2, -0.15) is 13.2 Å². The summed E-state index contributed by atoms with van der Waals surface area (Å²) in [6, 6.07) is 68.9. The number of aromatic nitrogens is 4. The zero-order valence-corrected chi connectivity index (χ0v) is 49.9. The topological polar surface area (TPSA) is 149 Å². The third kappa shape index (κ3) is 22.5. The number of rotatable bonds is 6. The number of alkyl halides is 3. The van der Waals surface area contributed by atoms with E-state index in [2.05, 4.69) is 78.0 Å². The van der Waals surface area contributed by atoms with Crippen molar-refractivity contribution in [1.82, 2.24) is 19.9 Å². The summed E-state index contributed by atoms with van der Waals surface area (Å²) in [5.74, 6) is 0. The van der Waals surface area contributed by atoms with E-state index in [1.165, 1.54) is 22.3 Å². The van der Waals surface area contributed by atoms with Crippen LogP contribution in [0.2, 0.25) is 0 Å². The molecule has 2 N–H and O–H groups in total. The first-order valence-electron chi connectivity index (χ1n) is 26.8. The second-order valence-electron chi connectivity index (χ2n) is 16.4. The molecule has 9 nitrogen and oxygen atoms in total. The standard InChI is InChI=1S/C18H15N.C18H14N.2C13H12N.CHF3O3S.2CH4O.2Ir/c2*1-14-7-9-15(10-8-14)17-11-12-19-18(13-17)16-5-3-2-4-6-16;2*1-10-8-13(14-9-11(10)2)12-6-4-3-5-7-12;2-1(3,4)8(5,6)7;2*1-2;;/h2-13H,1H3;2-5,7-13H,1H3;2*3-6,8-9H,1-2H3;(H,5,6,7);2*2H,1H3;;/q;3*-1;;;;;/p-1/i2*1D3;;;;;;;. The molecule has 0 atom stereocenters. The molecule has 10 rings (SSSR count). The molecule has 0 fully saturated rings. The van der Waals surface area contributed by atoms with Gasteiger partial charge in [0.2, 0.25) is 0 Å². The Kier molecular flexibility index (Phi) is 26.1. The van der Waals surface area contributed by atoms with Crippen LogP contribution in [0.3, 0.4) is 0 Å². The minimum Gasteiger partial charge on any atom is -0.741 e. The minimum absolute atomic E-state index is 0. The fraction of sp³-hybridized carbons (Fsp3) is 0.138. The van der Waals surface area contributed by atoms with Gasteiger partial charge < -0.3 is 29.7 Å². The predicted octanol–water partition coefficient (Wildman–Crippen LogP) is 14.8. The van der Waals surface area contributed by atoms with Gasteiger partial charge in [0.15, 0.2) is 10.1 Å². The number of halogens is 3. The summed E-state index contributed by atoms with van der Waals surface area (Å²) in [5, 5.41) is 14.0. The molecule has 0 saturated heterocycles. The molecular formula is C65H61F3Ir2N4O5S-4. The van der Waals surface area contributed by atoms with Crippen molar-refractivity contribution in [2.75, 3.05) is 14.2 Å². The van der Waals surface area contributed by atoms with Crippen molar-refractivity contribution in [2.45, 2.75) is 46.9 Å². The second kappa shape index (κ2) is 35.5. The van der Waals surface area contributed by atoms with Crippen molar-refractivity contribution in [2.24, 2.45) is 0 Å². The Labute approximate surface area is 504 Å². The maximum absolute atomic E-state index is 10.7. The maximum atomic E-state index is 10.7. The molecule has 0 unspecified atom stereocenters. The van der Waals surface area contributed by atoms with Gasteiger partial charge in [-0.05, 0) is 110 Å². The molecule has 0 aliphatic heterocycles.